The van der Waals surface area contributed by atoms with Gasteiger partial charge in [0.25, 0.3) is 0 Å². The molecule has 0 saturated heterocycles. The monoisotopic (exact) mass is 480 g/mol. The molecule has 2 aromatic rings. The van der Waals surface area contributed by atoms with Crippen LogP contribution in [0.15, 0.2) is 48.5 Å². The number of alkyl carbamates (subject to hydrolysis) is 1. The summed E-state index contributed by atoms with van der Waals surface area (Å²) in [6.07, 6.45) is -0.149. The molecule has 1 unspecified atom stereocenters. The van der Waals surface area contributed by atoms with Gasteiger partial charge in [-0.2, -0.15) is 0 Å². The summed E-state index contributed by atoms with van der Waals surface area (Å²) in [7, 11) is 0. The zero-order valence-corrected chi connectivity index (χ0v) is 21.2. The lowest BCUT2D eigenvalue weighted by molar-refractivity contribution is -0.142. The number of aliphatic carboxylic acids is 1. The van der Waals surface area contributed by atoms with E-state index in [1.165, 1.54) is 0 Å². The first-order valence-electron chi connectivity index (χ1n) is 12.0. The number of carboxylic acids is 1. The van der Waals surface area contributed by atoms with Gasteiger partial charge in [-0.3, -0.25) is 9.59 Å². The van der Waals surface area contributed by atoms with E-state index in [0.29, 0.717) is 6.42 Å². The SMILES string of the molecule is CC(C)(C)CC(CNC(=O)CC(C)(C)NC(=O)OCC1c2ccccc2-c2ccccc21)C(=O)O. The zero-order valence-electron chi connectivity index (χ0n) is 21.2. The van der Waals surface area contributed by atoms with Crippen LogP contribution in [0, 0.1) is 11.3 Å². The Kier molecular flexibility index (Phi) is 7.88. The van der Waals surface area contributed by atoms with Crippen molar-refractivity contribution in [2.45, 2.75) is 58.9 Å². The number of rotatable bonds is 9. The van der Waals surface area contributed by atoms with Crippen molar-refractivity contribution in [3.05, 3.63) is 59.7 Å². The van der Waals surface area contributed by atoms with E-state index in [4.69, 9.17) is 4.74 Å². The van der Waals surface area contributed by atoms with Gasteiger partial charge in [0.2, 0.25) is 5.91 Å². The number of benzene rings is 2. The molecule has 0 saturated carbocycles. The molecule has 3 rings (SSSR count). The van der Waals surface area contributed by atoms with Crippen LogP contribution in [0.25, 0.3) is 11.1 Å². The molecule has 7 heteroatoms. The Balaban J connectivity index is 1.52. The van der Waals surface area contributed by atoms with E-state index >= 15 is 0 Å². The number of ether oxygens (including phenoxy) is 1. The molecule has 0 radical (unpaired) electrons. The van der Waals surface area contributed by atoms with E-state index in [9.17, 15) is 19.5 Å². The quantitative estimate of drug-likeness (QED) is 0.471. The van der Waals surface area contributed by atoms with Crippen molar-refractivity contribution in [2.75, 3.05) is 13.2 Å². The number of amides is 2. The first-order valence-corrected chi connectivity index (χ1v) is 12.0. The molecule has 35 heavy (non-hydrogen) atoms. The lowest BCUT2D eigenvalue weighted by Gasteiger charge is -2.27. The fourth-order valence-corrected chi connectivity index (χ4v) is 4.64. The lowest BCUT2D eigenvalue weighted by Crippen LogP contribution is -2.48. The Bertz CT molecular complexity index is 1040. The van der Waals surface area contributed by atoms with Gasteiger partial charge in [-0.05, 0) is 47.9 Å². The third-order valence-electron chi connectivity index (χ3n) is 6.14. The predicted molar refractivity (Wildman–Crippen MR) is 135 cm³/mol. The van der Waals surface area contributed by atoms with Gasteiger partial charge in [-0.25, -0.2) is 4.79 Å². The molecule has 1 aliphatic carbocycles. The Morgan fingerprint density at radius 3 is 2.00 bits per heavy atom. The number of hydrogen-bond donors (Lipinski definition) is 3. The van der Waals surface area contributed by atoms with E-state index in [1.807, 2.05) is 45.0 Å². The molecule has 0 aliphatic heterocycles. The molecule has 0 aromatic heterocycles. The second-order valence-corrected chi connectivity index (χ2v) is 11.1. The van der Waals surface area contributed by atoms with Crippen LogP contribution in [-0.4, -0.2) is 41.8 Å². The molecular weight excluding hydrogens is 444 g/mol. The summed E-state index contributed by atoms with van der Waals surface area (Å²) in [5.41, 5.74) is 3.53. The molecule has 0 bridgehead atoms. The predicted octanol–water partition coefficient (Wildman–Crippen LogP) is 4.95. The summed E-state index contributed by atoms with van der Waals surface area (Å²) in [4.78, 5) is 36.6. The van der Waals surface area contributed by atoms with Crippen LogP contribution < -0.4 is 10.6 Å². The van der Waals surface area contributed by atoms with E-state index in [2.05, 4.69) is 34.9 Å². The van der Waals surface area contributed by atoms with Crippen LogP contribution in [0.4, 0.5) is 4.79 Å². The van der Waals surface area contributed by atoms with Gasteiger partial charge in [0.05, 0.1) is 5.92 Å². The number of carbonyl (C=O) groups excluding carboxylic acids is 2. The number of carboxylic acid groups (broad SMARTS) is 1. The van der Waals surface area contributed by atoms with Crippen molar-refractivity contribution in [3.63, 3.8) is 0 Å². The minimum absolute atomic E-state index is 0.000940. The maximum absolute atomic E-state index is 12.6. The highest BCUT2D eigenvalue weighted by Gasteiger charge is 2.31. The van der Waals surface area contributed by atoms with Gasteiger partial charge < -0.3 is 20.5 Å². The zero-order chi connectivity index (χ0) is 25.8. The van der Waals surface area contributed by atoms with Gasteiger partial charge in [0.15, 0.2) is 0 Å². The van der Waals surface area contributed by atoms with Gasteiger partial charge in [-0.1, -0.05) is 69.3 Å². The van der Waals surface area contributed by atoms with Crippen LogP contribution >= 0.6 is 0 Å². The molecule has 0 fully saturated rings. The van der Waals surface area contributed by atoms with Gasteiger partial charge in [0, 0.05) is 24.4 Å². The summed E-state index contributed by atoms with van der Waals surface area (Å²) in [6, 6.07) is 16.2. The highest BCUT2D eigenvalue weighted by Crippen LogP contribution is 2.44. The molecule has 7 nitrogen and oxygen atoms in total. The van der Waals surface area contributed by atoms with E-state index in [0.717, 1.165) is 22.3 Å². The van der Waals surface area contributed by atoms with E-state index in [-0.39, 0.29) is 36.8 Å². The molecule has 0 heterocycles. The molecule has 1 atom stereocenters. The average Bonchev–Trinajstić information content (AvgIpc) is 3.07. The highest BCUT2D eigenvalue weighted by atomic mass is 16.5. The van der Waals surface area contributed by atoms with Crippen LogP contribution in [0.2, 0.25) is 0 Å². The fraction of sp³-hybridized carbons (Fsp3) is 0.464. The minimum Gasteiger partial charge on any atom is -0.481 e. The van der Waals surface area contributed by atoms with Crippen LogP contribution in [0.5, 0.6) is 0 Å². The second kappa shape index (κ2) is 10.5. The third kappa shape index (κ3) is 7.07. The average molecular weight is 481 g/mol. The van der Waals surface area contributed by atoms with Crippen LogP contribution in [0.1, 0.15) is 64.5 Å². The van der Waals surface area contributed by atoms with Crippen molar-refractivity contribution in [2.24, 2.45) is 11.3 Å². The first-order chi connectivity index (χ1) is 16.4. The first kappa shape index (κ1) is 26.3. The molecule has 2 aromatic carbocycles. The molecule has 1 aliphatic rings. The summed E-state index contributed by atoms with van der Waals surface area (Å²) < 4.78 is 5.58. The van der Waals surface area contributed by atoms with Crippen molar-refractivity contribution >= 4 is 18.0 Å². The van der Waals surface area contributed by atoms with E-state index in [1.54, 1.807) is 13.8 Å². The van der Waals surface area contributed by atoms with Crippen molar-refractivity contribution in [1.29, 1.82) is 0 Å². The molecular formula is C28H36N2O5. The maximum atomic E-state index is 12.6. The van der Waals surface area contributed by atoms with Gasteiger partial charge >= 0.3 is 12.1 Å². The van der Waals surface area contributed by atoms with E-state index < -0.39 is 23.5 Å². The third-order valence-corrected chi connectivity index (χ3v) is 6.14. The lowest BCUT2D eigenvalue weighted by atomic mass is 9.84. The summed E-state index contributed by atoms with van der Waals surface area (Å²) in [5.74, 6) is -1.97. The number of carbonyl (C=O) groups is 3. The second-order valence-electron chi connectivity index (χ2n) is 11.1. The normalized spacial score (nSPS) is 14.0. The summed E-state index contributed by atoms with van der Waals surface area (Å²) in [5, 5.41) is 14.9. The number of nitrogens with one attached hydrogen (secondary N) is 2. The Hall–Kier alpha value is -3.35. The van der Waals surface area contributed by atoms with Gasteiger partial charge in [0.1, 0.15) is 6.61 Å². The molecule has 2 amide bonds. The standard InChI is InChI=1S/C28H36N2O5/c1-27(2,3)14-18(25(32)33)16-29-24(31)15-28(4,5)30-26(34)35-17-23-21-12-8-6-10-19(21)20-11-7-9-13-22(20)23/h6-13,18,23H,14-17H2,1-5H3,(H,29,31)(H,30,34)(H,32,33). The topological polar surface area (TPSA) is 105 Å². The van der Waals surface area contributed by atoms with Crippen molar-refractivity contribution < 1.29 is 24.2 Å². The Labute approximate surface area is 207 Å². The van der Waals surface area contributed by atoms with Crippen molar-refractivity contribution in [1.82, 2.24) is 10.6 Å². The van der Waals surface area contributed by atoms with Gasteiger partial charge in [-0.15, -0.1) is 0 Å². The molecule has 188 valence electrons. The van der Waals surface area contributed by atoms with Crippen LogP contribution in [-0.2, 0) is 14.3 Å². The summed E-state index contributed by atoms with van der Waals surface area (Å²) in [6.45, 7) is 9.60. The highest BCUT2D eigenvalue weighted by molar-refractivity contribution is 5.80. The fourth-order valence-electron chi connectivity index (χ4n) is 4.64. The smallest absolute Gasteiger partial charge is 0.407 e. The Morgan fingerprint density at radius 1 is 0.943 bits per heavy atom. The number of hydrogen-bond acceptors (Lipinski definition) is 4. The largest absolute Gasteiger partial charge is 0.481 e. The maximum Gasteiger partial charge on any atom is 0.407 e. The minimum atomic E-state index is -0.934. The molecule has 0 spiro atoms. The number of fused-ring (bicyclic) bond motifs is 3. The molecule has 3 N–H and O–H groups in total. The summed E-state index contributed by atoms with van der Waals surface area (Å²) >= 11 is 0. The van der Waals surface area contributed by atoms with Crippen molar-refractivity contribution in [3.8, 4) is 11.1 Å². The Morgan fingerprint density at radius 2 is 1.49 bits per heavy atom. The van der Waals surface area contributed by atoms with Crippen LogP contribution in [0.3, 0.4) is 0 Å².